The molecule has 0 aromatic rings. The number of rotatable bonds is 10. The smallest absolute Gasteiger partial charge is 0.331 e. The summed E-state index contributed by atoms with van der Waals surface area (Å²) >= 11 is 0. The molecule has 0 aliphatic rings. The predicted molar refractivity (Wildman–Crippen MR) is 70.3 cm³/mol. The summed E-state index contributed by atoms with van der Waals surface area (Å²) in [6, 6.07) is 0. The van der Waals surface area contributed by atoms with E-state index in [-0.39, 0.29) is 5.57 Å². The van der Waals surface area contributed by atoms with E-state index < -0.39 is 11.9 Å². The minimum absolute atomic E-state index is 0.135. The van der Waals surface area contributed by atoms with Gasteiger partial charge in [0.15, 0.2) is 0 Å². The Labute approximate surface area is 109 Å². The molecule has 0 saturated carbocycles. The molecule has 0 spiro atoms. The van der Waals surface area contributed by atoms with Crippen molar-refractivity contribution in [3.05, 3.63) is 11.6 Å². The highest BCUT2D eigenvalue weighted by Gasteiger charge is 2.09. The zero-order valence-corrected chi connectivity index (χ0v) is 11.4. The fourth-order valence-electron chi connectivity index (χ4n) is 1.49. The summed E-state index contributed by atoms with van der Waals surface area (Å²) in [6.07, 6.45) is 7.32. The number of carboxylic acids is 1. The Hall–Kier alpha value is -1.32. The van der Waals surface area contributed by atoms with Crippen molar-refractivity contribution >= 4 is 11.9 Å². The molecular weight excluding hydrogens is 232 g/mol. The quantitative estimate of drug-likeness (QED) is 0.370. The third kappa shape index (κ3) is 8.79. The largest absolute Gasteiger partial charge is 0.478 e. The van der Waals surface area contributed by atoms with Crippen LogP contribution in [-0.4, -0.2) is 23.7 Å². The van der Waals surface area contributed by atoms with Crippen molar-refractivity contribution in [2.75, 3.05) is 6.61 Å². The number of carboxylic acid groups (broad SMARTS) is 1. The molecule has 1 N–H and O–H groups in total. The summed E-state index contributed by atoms with van der Waals surface area (Å²) in [5.41, 5.74) is 0.135. The van der Waals surface area contributed by atoms with E-state index in [4.69, 9.17) is 9.84 Å². The van der Waals surface area contributed by atoms with Crippen molar-refractivity contribution in [3.8, 4) is 0 Å². The van der Waals surface area contributed by atoms with E-state index in [2.05, 4.69) is 6.92 Å². The molecular formula is C14H24O4. The number of carbonyl (C=O) groups is 2. The van der Waals surface area contributed by atoms with Gasteiger partial charge >= 0.3 is 11.9 Å². The summed E-state index contributed by atoms with van der Waals surface area (Å²) in [6.45, 7) is 4.46. The van der Waals surface area contributed by atoms with E-state index in [0.717, 1.165) is 44.6 Å². The summed E-state index contributed by atoms with van der Waals surface area (Å²) in [7, 11) is 0. The lowest BCUT2D eigenvalue weighted by atomic mass is 10.1. The second-order valence-electron chi connectivity index (χ2n) is 4.31. The lowest BCUT2D eigenvalue weighted by Crippen LogP contribution is -2.08. The maximum atomic E-state index is 11.4. The summed E-state index contributed by atoms with van der Waals surface area (Å²) in [5, 5.41) is 8.91. The summed E-state index contributed by atoms with van der Waals surface area (Å²) < 4.78 is 4.97. The highest BCUT2D eigenvalue weighted by molar-refractivity contribution is 5.95. The highest BCUT2D eigenvalue weighted by atomic mass is 16.5. The third-order valence-electron chi connectivity index (χ3n) is 2.61. The van der Waals surface area contributed by atoms with E-state index in [9.17, 15) is 9.59 Å². The topological polar surface area (TPSA) is 63.6 Å². The van der Waals surface area contributed by atoms with Crippen LogP contribution in [0.2, 0.25) is 0 Å². The van der Waals surface area contributed by atoms with Crippen LogP contribution < -0.4 is 0 Å². The Morgan fingerprint density at radius 2 is 1.72 bits per heavy atom. The first-order valence-electron chi connectivity index (χ1n) is 6.72. The fourth-order valence-corrected chi connectivity index (χ4v) is 1.49. The van der Waals surface area contributed by atoms with Gasteiger partial charge in [-0.15, -0.1) is 0 Å². The van der Waals surface area contributed by atoms with Gasteiger partial charge in [-0.25, -0.2) is 9.59 Å². The van der Waals surface area contributed by atoms with Gasteiger partial charge in [0.05, 0.1) is 6.61 Å². The zero-order chi connectivity index (χ0) is 13.8. The van der Waals surface area contributed by atoms with Gasteiger partial charge in [-0.3, -0.25) is 0 Å². The van der Waals surface area contributed by atoms with Crippen LogP contribution in [-0.2, 0) is 14.3 Å². The summed E-state index contributed by atoms with van der Waals surface area (Å²) in [5.74, 6) is -1.58. The zero-order valence-electron chi connectivity index (χ0n) is 11.4. The molecule has 0 atom stereocenters. The van der Waals surface area contributed by atoms with Gasteiger partial charge in [-0.05, 0) is 19.3 Å². The van der Waals surface area contributed by atoms with E-state index in [1.54, 1.807) is 0 Å². The molecule has 0 amide bonds. The number of carbonyl (C=O) groups excluding carboxylic acids is 1. The van der Waals surface area contributed by atoms with Crippen molar-refractivity contribution in [3.63, 3.8) is 0 Å². The van der Waals surface area contributed by atoms with Gasteiger partial charge in [0.2, 0.25) is 0 Å². The Bertz CT molecular complexity index is 282. The van der Waals surface area contributed by atoms with Gasteiger partial charge in [-0.1, -0.05) is 39.5 Å². The number of aliphatic carboxylic acids is 1. The molecule has 4 heteroatoms. The number of hydrogen-bond acceptors (Lipinski definition) is 3. The molecule has 0 aromatic carbocycles. The van der Waals surface area contributed by atoms with E-state index in [1.165, 1.54) is 0 Å². The van der Waals surface area contributed by atoms with E-state index in [1.807, 2.05) is 6.92 Å². The molecule has 0 rings (SSSR count). The van der Waals surface area contributed by atoms with E-state index in [0.29, 0.717) is 13.0 Å². The first kappa shape index (κ1) is 16.7. The molecule has 0 saturated heterocycles. The van der Waals surface area contributed by atoms with Crippen molar-refractivity contribution in [1.82, 2.24) is 0 Å². The first-order chi connectivity index (χ1) is 8.61. The van der Waals surface area contributed by atoms with Crippen molar-refractivity contribution in [1.29, 1.82) is 0 Å². The van der Waals surface area contributed by atoms with Crippen LogP contribution in [0.15, 0.2) is 11.6 Å². The molecule has 104 valence electrons. The first-order valence-corrected chi connectivity index (χ1v) is 6.72. The minimum Gasteiger partial charge on any atom is -0.478 e. The van der Waals surface area contributed by atoms with Crippen molar-refractivity contribution in [2.45, 2.75) is 58.8 Å². The van der Waals surface area contributed by atoms with Gasteiger partial charge in [0.25, 0.3) is 0 Å². The minimum atomic E-state index is -1.04. The standard InChI is InChI=1S/C14H24O4/c1-3-5-7-8-10-18-13(15)11-12(14(16)17)9-6-4-2/h11H,3-10H2,1-2H3,(H,16,17). The van der Waals surface area contributed by atoms with Crippen LogP contribution in [0.1, 0.15) is 58.8 Å². The van der Waals surface area contributed by atoms with Crippen molar-refractivity contribution < 1.29 is 19.4 Å². The van der Waals surface area contributed by atoms with Crippen LogP contribution in [0.25, 0.3) is 0 Å². The Morgan fingerprint density at radius 1 is 1.06 bits per heavy atom. The molecule has 0 heterocycles. The van der Waals surface area contributed by atoms with E-state index >= 15 is 0 Å². The molecule has 18 heavy (non-hydrogen) atoms. The van der Waals surface area contributed by atoms with Gasteiger partial charge in [0.1, 0.15) is 0 Å². The third-order valence-corrected chi connectivity index (χ3v) is 2.61. The number of hydrogen-bond donors (Lipinski definition) is 1. The predicted octanol–water partition coefficient (Wildman–Crippen LogP) is 3.31. The van der Waals surface area contributed by atoms with Crippen molar-refractivity contribution in [2.24, 2.45) is 0 Å². The molecule has 4 nitrogen and oxygen atoms in total. The van der Waals surface area contributed by atoms with Crippen LogP contribution in [0.4, 0.5) is 0 Å². The van der Waals surface area contributed by atoms with Gasteiger partial charge in [0, 0.05) is 11.6 Å². The molecule has 0 aliphatic carbocycles. The Morgan fingerprint density at radius 3 is 2.28 bits per heavy atom. The van der Waals surface area contributed by atoms with Crippen LogP contribution in [0.3, 0.4) is 0 Å². The average Bonchev–Trinajstić information content (AvgIpc) is 2.33. The monoisotopic (exact) mass is 256 g/mol. The lowest BCUT2D eigenvalue weighted by Gasteiger charge is -2.03. The molecule has 0 aromatic heterocycles. The second kappa shape index (κ2) is 10.8. The second-order valence-corrected chi connectivity index (χ2v) is 4.31. The SMILES string of the molecule is CCCCCCOC(=O)C=C(CCCC)C(=O)O. The fraction of sp³-hybridized carbons (Fsp3) is 0.714. The lowest BCUT2D eigenvalue weighted by molar-refractivity contribution is -0.139. The number of unbranched alkanes of at least 4 members (excludes halogenated alkanes) is 4. The molecule has 0 radical (unpaired) electrons. The normalized spacial score (nSPS) is 11.3. The Balaban J connectivity index is 4.01. The molecule has 0 unspecified atom stereocenters. The number of esters is 1. The van der Waals surface area contributed by atoms with Gasteiger partial charge in [-0.2, -0.15) is 0 Å². The maximum absolute atomic E-state index is 11.4. The maximum Gasteiger partial charge on any atom is 0.331 e. The number of ether oxygens (including phenoxy) is 1. The Kier molecular flexibility index (Phi) is 10.0. The molecule has 0 aliphatic heterocycles. The highest BCUT2D eigenvalue weighted by Crippen LogP contribution is 2.08. The van der Waals surface area contributed by atoms with Gasteiger partial charge < -0.3 is 9.84 Å². The molecule has 0 bridgehead atoms. The van der Waals surface area contributed by atoms with Crippen LogP contribution >= 0.6 is 0 Å². The average molecular weight is 256 g/mol. The van der Waals surface area contributed by atoms with Crippen LogP contribution in [0, 0.1) is 0 Å². The summed E-state index contributed by atoms with van der Waals surface area (Å²) in [4.78, 5) is 22.3. The van der Waals surface area contributed by atoms with Crippen LogP contribution in [0.5, 0.6) is 0 Å². The molecule has 0 fully saturated rings.